The number of likely N-dealkylation sites (N-methyl/N-ethyl adjacent to an activating group) is 1. The van der Waals surface area contributed by atoms with E-state index < -0.39 is 12.3 Å². The highest BCUT2D eigenvalue weighted by atomic mass is 16.7. The number of carbonyl (C=O) groups is 3. The lowest BCUT2D eigenvalue weighted by molar-refractivity contribution is -0.159. The quantitative estimate of drug-likeness (QED) is 0.0247. The summed E-state index contributed by atoms with van der Waals surface area (Å²) in [6.45, 7) is 18.8. The van der Waals surface area contributed by atoms with Gasteiger partial charge < -0.3 is 42.8 Å². The molecule has 0 amide bonds. The summed E-state index contributed by atoms with van der Waals surface area (Å²) in [7, 11) is 2.13. The molecule has 0 saturated carbocycles. The highest BCUT2D eigenvalue weighted by molar-refractivity contribution is 5.76. The third-order valence-corrected chi connectivity index (χ3v) is 13.8. The zero-order valence-corrected chi connectivity index (χ0v) is 46.5. The van der Waals surface area contributed by atoms with Crippen molar-refractivity contribution >= 4 is 17.9 Å². The van der Waals surface area contributed by atoms with Crippen molar-refractivity contribution in [3.8, 4) is 0 Å². The van der Waals surface area contributed by atoms with E-state index in [0.29, 0.717) is 91.4 Å². The number of nitrogens with zero attached hydrogens (tertiary/aromatic N) is 3. The van der Waals surface area contributed by atoms with Crippen molar-refractivity contribution < 1.29 is 52.3 Å². The lowest BCUT2D eigenvalue weighted by Crippen LogP contribution is -2.46. The van der Waals surface area contributed by atoms with Crippen LogP contribution in [-0.4, -0.2) is 163 Å². The molecule has 0 spiro atoms. The third kappa shape index (κ3) is 36.6. The van der Waals surface area contributed by atoms with Crippen LogP contribution in [0.5, 0.6) is 0 Å². The molecule has 2 unspecified atom stereocenters. The van der Waals surface area contributed by atoms with Gasteiger partial charge in [0.1, 0.15) is 12.6 Å². The van der Waals surface area contributed by atoms with Crippen LogP contribution in [0.2, 0.25) is 0 Å². The Morgan fingerprint density at radius 3 is 1.32 bits per heavy atom. The predicted molar refractivity (Wildman–Crippen MR) is 285 cm³/mol. The average molecular weight is 1010 g/mol. The first kappa shape index (κ1) is 65.2. The van der Waals surface area contributed by atoms with Gasteiger partial charge in [-0.05, 0) is 52.0 Å². The molecule has 71 heavy (non-hydrogen) atoms. The summed E-state index contributed by atoms with van der Waals surface area (Å²) in [5, 5.41) is 0. The molecule has 0 radical (unpaired) electrons. The van der Waals surface area contributed by atoms with Crippen LogP contribution in [0.4, 0.5) is 0 Å². The van der Waals surface area contributed by atoms with E-state index in [1.165, 1.54) is 89.9 Å². The minimum Gasteiger partial charge on any atom is -0.466 e. The lowest BCUT2D eigenvalue weighted by Gasteiger charge is -2.32. The maximum Gasteiger partial charge on any atom is 0.323 e. The van der Waals surface area contributed by atoms with Gasteiger partial charge in [-0.2, -0.15) is 0 Å². The number of hydrogen-bond acceptors (Lipinski definition) is 14. The van der Waals surface area contributed by atoms with Crippen molar-refractivity contribution in [2.45, 2.75) is 245 Å². The van der Waals surface area contributed by atoms with Gasteiger partial charge in [-0.1, -0.05) is 143 Å². The molecule has 0 aliphatic carbocycles. The first-order valence-corrected chi connectivity index (χ1v) is 29.5. The van der Waals surface area contributed by atoms with E-state index in [9.17, 15) is 14.4 Å². The van der Waals surface area contributed by atoms with E-state index in [1.807, 2.05) is 0 Å². The maximum atomic E-state index is 13.5. The van der Waals surface area contributed by atoms with Crippen molar-refractivity contribution in [2.24, 2.45) is 0 Å². The smallest absolute Gasteiger partial charge is 0.323 e. The molecule has 0 N–H and O–H groups in total. The molecule has 2 fully saturated rings. The lowest BCUT2D eigenvalue weighted by atomic mass is 10.1. The molecule has 2 heterocycles. The van der Waals surface area contributed by atoms with E-state index in [4.69, 9.17) is 37.9 Å². The van der Waals surface area contributed by atoms with Gasteiger partial charge >= 0.3 is 17.9 Å². The fourth-order valence-electron chi connectivity index (χ4n) is 9.09. The molecule has 0 aromatic carbocycles. The number of unbranched alkanes of at least 4 members (excludes halogenated alkanes) is 19. The second kappa shape index (κ2) is 46.6. The Kier molecular flexibility index (Phi) is 42.8. The topological polar surface area (TPSA) is 135 Å². The largest absolute Gasteiger partial charge is 0.466 e. The van der Waals surface area contributed by atoms with Crippen molar-refractivity contribution in [3.63, 3.8) is 0 Å². The van der Waals surface area contributed by atoms with E-state index in [-0.39, 0.29) is 49.8 Å². The molecule has 0 bridgehead atoms. The standard InChI is InChI=1S/C57H109N3O11/c1-6-10-14-18-22-26-45-69-56(70-46-27-23-19-15-11-7-2)34-32-54(62)66-47-30-35-60-50-51(49-52(60)57(63)71-48-40-59-38-36-58(5)37-39-59)64-41-28-29-42-65-53(61)31-33-55(67-43-24-20-16-12-8-3)68-44-25-21-17-13-9-4/h51-52,55-56H,6-50H2,1-5H3. The fourth-order valence-corrected chi connectivity index (χ4v) is 9.09. The fraction of sp³-hybridized carbons (Fsp3) is 0.947. The van der Waals surface area contributed by atoms with Crippen LogP contribution in [0.1, 0.15) is 220 Å². The van der Waals surface area contributed by atoms with Gasteiger partial charge in [0.05, 0.1) is 32.2 Å². The van der Waals surface area contributed by atoms with E-state index >= 15 is 0 Å². The van der Waals surface area contributed by atoms with E-state index in [0.717, 1.165) is 90.5 Å². The molecule has 0 aromatic rings. The van der Waals surface area contributed by atoms with Crippen LogP contribution in [0.15, 0.2) is 0 Å². The number of likely N-dealkylation sites (tertiary alicyclic amines) is 1. The van der Waals surface area contributed by atoms with Crippen molar-refractivity contribution in [2.75, 3.05) is 106 Å². The summed E-state index contributed by atoms with van der Waals surface area (Å²) in [5.41, 5.74) is 0. The second-order valence-electron chi connectivity index (χ2n) is 20.3. The van der Waals surface area contributed by atoms with Crippen LogP contribution in [-0.2, 0) is 52.3 Å². The third-order valence-electron chi connectivity index (χ3n) is 13.8. The van der Waals surface area contributed by atoms with Gasteiger partial charge in [-0.15, -0.1) is 0 Å². The molecule has 2 rings (SSSR count). The minimum atomic E-state index is -0.420. The maximum absolute atomic E-state index is 13.5. The van der Waals surface area contributed by atoms with Crippen LogP contribution < -0.4 is 0 Å². The van der Waals surface area contributed by atoms with Crippen molar-refractivity contribution in [1.82, 2.24) is 14.7 Å². The number of carbonyl (C=O) groups excluding carboxylic acids is 3. The van der Waals surface area contributed by atoms with Crippen LogP contribution >= 0.6 is 0 Å². The van der Waals surface area contributed by atoms with Gasteiger partial charge in [0.15, 0.2) is 12.6 Å². The van der Waals surface area contributed by atoms with Crippen molar-refractivity contribution in [3.05, 3.63) is 0 Å². The summed E-state index contributed by atoms with van der Waals surface area (Å²) < 4.78 is 47.9. The number of esters is 3. The molecule has 0 aromatic heterocycles. The van der Waals surface area contributed by atoms with Gasteiger partial charge in [-0.3, -0.25) is 24.2 Å². The molecule has 14 nitrogen and oxygen atoms in total. The van der Waals surface area contributed by atoms with Gasteiger partial charge in [-0.25, -0.2) is 0 Å². The summed E-state index contributed by atoms with van der Waals surface area (Å²) in [6.07, 6.45) is 29.1. The molecule has 14 heteroatoms. The Morgan fingerprint density at radius 1 is 0.451 bits per heavy atom. The Hall–Kier alpha value is -1.91. The molecule has 2 atom stereocenters. The normalized spacial score (nSPS) is 16.9. The average Bonchev–Trinajstić information content (AvgIpc) is 3.79. The first-order valence-electron chi connectivity index (χ1n) is 29.5. The number of ether oxygens (including phenoxy) is 8. The summed E-state index contributed by atoms with van der Waals surface area (Å²) in [4.78, 5) is 46.0. The molecular weight excluding hydrogens is 903 g/mol. The van der Waals surface area contributed by atoms with Gasteiger partial charge in [0.2, 0.25) is 0 Å². The zero-order valence-electron chi connectivity index (χ0n) is 46.5. The van der Waals surface area contributed by atoms with E-state index in [2.05, 4.69) is 49.4 Å². The molecule has 2 saturated heterocycles. The Balaban J connectivity index is 1.79. The summed E-state index contributed by atoms with van der Waals surface area (Å²) in [5.74, 6) is -0.710. The van der Waals surface area contributed by atoms with Gasteiger partial charge in [0, 0.05) is 98.1 Å². The Labute approximate surface area is 434 Å². The SMILES string of the molecule is CCCCCCCCOC(CCC(=O)OCCCN1CC(OCCCCOC(=O)CCC(OCCCCCCC)OCCCCCCC)CC1C(=O)OCCN1CCN(C)CC1)OCCCCCCCC. The molecule has 418 valence electrons. The molecular formula is C57H109N3O11. The summed E-state index contributed by atoms with van der Waals surface area (Å²) in [6, 6.07) is -0.420. The van der Waals surface area contributed by atoms with Gasteiger partial charge in [0.25, 0.3) is 0 Å². The number of hydrogen-bond donors (Lipinski definition) is 0. The van der Waals surface area contributed by atoms with Crippen LogP contribution in [0.25, 0.3) is 0 Å². The summed E-state index contributed by atoms with van der Waals surface area (Å²) >= 11 is 0. The minimum absolute atomic E-state index is 0.130. The molecule has 2 aliphatic heterocycles. The number of rotatable bonds is 50. The first-order chi connectivity index (χ1) is 34.8. The highest BCUT2D eigenvalue weighted by Crippen LogP contribution is 2.23. The van der Waals surface area contributed by atoms with Crippen LogP contribution in [0, 0.1) is 0 Å². The second-order valence-corrected chi connectivity index (χ2v) is 20.3. The number of piperazine rings is 1. The zero-order chi connectivity index (χ0) is 51.3. The predicted octanol–water partition coefficient (Wildman–Crippen LogP) is 11.4. The van der Waals surface area contributed by atoms with Crippen molar-refractivity contribution in [1.29, 1.82) is 0 Å². The van der Waals surface area contributed by atoms with Crippen LogP contribution in [0.3, 0.4) is 0 Å². The van der Waals surface area contributed by atoms with E-state index in [1.54, 1.807) is 0 Å². The Morgan fingerprint density at radius 2 is 0.859 bits per heavy atom. The monoisotopic (exact) mass is 1010 g/mol. The molecule has 2 aliphatic rings. The Bertz CT molecular complexity index is 1210. The highest BCUT2D eigenvalue weighted by Gasteiger charge is 2.38.